The van der Waals surface area contributed by atoms with Gasteiger partial charge in [0.1, 0.15) is 27.6 Å². The molecule has 5 N–H and O–H groups in total. The van der Waals surface area contributed by atoms with Gasteiger partial charge in [-0.2, -0.15) is 9.97 Å². The largest absolute Gasteiger partial charge is 0.489 e. The number of ether oxygens (including phenoxy) is 3. The molecule has 10 rings (SSSR count). The number of para-hydroxylation sites is 2. The Bertz CT molecular complexity index is 3940. The van der Waals surface area contributed by atoms with Gasteiger partial charge < -0.3 is 60.4 Å². The standard InChI is InChI=1S/C32H40ClN7O5S.C30H35ClN6O6S/c1-19(2)45-27-15-21-18-40(22-11-13-39(14-12-22)32(42)38(5)6)30(41)23(21)16-26(27)36-31-34-17-24(33)29(37-31)35-25-9-7-8-10-28(25)46(43,44)20(3)4;1-16(2)43-25-10-18-15-37(19-11-24(32-13-19)29(39)42-5)28(38)20(18)12-23(25)35-30-33-14-21(31)27(36-30)34-22-8-6-7-9-26(22)44(40,41)17(3)4/h7-10,15-17,19-20,22H,11-14,18H2,1-6H3,(H2,34,35,36,37);6-10,12,14,16-17,19,24,32H,11,13,15H2,1-5H3,(H2,33,34,35,36)/t;19-,24+/m.1/s1. The lowest BCUT2D eigenvalue weighted by molar-refractivity contribution is -0.142. The number of nitrogens with zero attached hydrogens (tertiary/aromatic N) is 8. The number of amides is 4. The number of halogens is 2. The zero-order valence-electron chi connectivity index (χ0n) is 51.9. The van der Waals surface area contributed by atoms with E-state index >= 15 is 0 Å². The van der Waals surface area contributed by atoms with Gasteiger partial charge in [-0.05, 0) is 134 Å². The number of carbonyl (C=O) groups is 4. The summed E-state index contributed by atoms with van der Waals surface area (Å²) in [5.41, 5.74) is 4.38. The summed E-state index contributed by atoms with van der Waals surface area (Å²) < 4.78 is 69.0. The Morgan fingerprint density at radius 2 is 1.07 bits per heavy atom. The summed E-state index contributed by atoms with van der Waals surface area (Å²) in [6.07, 6.45) is 4.37. The fraction of sp³-hybridized carbons (Fsp3) is 0.419. The van der Waals surface area contributed by atoms with Crippen LogP contribution in [0.3, 0.4) is 0 Å². The van der Waals surface area contributed by atoms with Crippen LogP contribution in [0, 0.1) is 0 Å². The quantitative estimate of drug-likeness (QED) is 0.0471. The maximum atomic E-state index is 13.7. The number of carbonyl (C=O) groups excluding carboxylic acids is 4. The van der Waals surface area contributed by atoms with Crippen molar-refractivity contribution in [1.29, 1.82) is 0 Å². The van der Waals surface area contributed by atoms with Crippen molar-refractivity contribution in [3.8, 4) is 11.5 Å². The molecule has 0 saturated carbocycles. The molecule has 2 saturated heterocycles. The third kappa shape index (κ3) is 14.6. The smallest absolute Gasteiger partial charge is 0.322 e. The van der Waals surface area contributed by atoms with Gasteiger partial charge in [0.15, 0.2) is 31.3 Å². The maximum absolute atomic E-state index is 13.7. The van der Waals surface area contributed by atoms with E-state index in [1.807, 2.05) is 49.6 Å². The van der Waals surface area contributed by atoms with Crippen LogP contribution >= 0.6 is 23.2 Å². The van der Waals surface area contributed by atoms with E-state index in [9.17, 15) is 36.0 Å². The fourth-order valence-electron chi connectivity index (χ4n) is 10.8. The van der Waals surface area contributed by atoms with E-state index in [0.717, 1.165) is 11.1 Å². The number of methoxy groups -OCH3 is 1. The summed E-state index contributed by atoms with van der Waals surface area (Å²) >= 11 is 12.9. The van der Waals surface area contributed by atoms with Crippen LogP contribution in [-0.4, -0.2) is 162 Å². The van der Waals surface area contributed by atoms with Gasteiger partial charge in [0.2, 0.25) is 11.9 Å². The Balaban J connectivity index is 0.000000214. The monoisotopic (exact) mass is 1310 g/mol. The van der Waals surface area contributed by atoms with Crippen LogP contribution in [0.25, 0.3) is 0 Å². The molecule has 6 aromatic rings. The number of sulfone groups is 2. The van der Waals surface area contributed by atoms with E-state index in [0.29, 0.717) is 97.4 Å². The molecule has 0 bridgehead atoms. The normalized spacial score (nSPS) is 16.7. The number of rotatable bonds is 19. The molecule has 6 heterocycles. The molecule has 90 heavy (non-hydrogen) atoms. The van der Waals surface area contributed by atoms with Gasteiger partial charge in [-0.3, -0.25) is 14.4 Å². The van der Waals surface area contributed by atoms with Crippen LogP contribution in [-0.2, 0) is 42.3 Å². The first-order valence-corrected chi connectivity index (χ1v) is 33.3. The van der Waals surface area contributed by atoms with E-state index in [4.69, 9.17) is 37.4 Å². The van der Waals surface area contributed by atoms with Gasteiger partial charge in [0, 0.05) is 70.0 Å². The highest BCUT2D eigenvalue weighted by atomic mass is 35.5. The van der Waals surface area contributed by atoms with Crippen molar-refractivity contribution in [1.82, 2.24) is 44.9 Å². The van der Waals surface area contributed by atoms with Crippen molar-refractivity contribution in [2.75, 3.05) is 62.1 Å². The first-order valence-electron chi connectivity index (χ1n) is 29.5. The van der Waals surface area contributed by atoms with Crippen LogP contribution < -0.4 is 36.1 Å². The van der Waals surface area contributed by atoms with Crippen molar-refractivity contribution in [2.24, 2.45) is 0 Å². The van der Waals surface area contributed by atoms with Gasteiger partial charge in [-0.25, -0.2) is 31.6 Å². The Hall–Kier alpha value is -8.04. The molecule has 0 unspecified atom stereocenters. The Kier molecular flexibility index (Phi) is 20.4. The molecule has 480 valence electrons. The first-order chi connectivity index (χ1) is 42.6. The van der Waals surface area contributed by atoms with E-state index in [2.05, 4.69) is 46.5 Å². The predicted molar refractivity (Wildman–Crippen MR) is 345 cm³/mol. The Labute approximate surface area is 534 Å². The highest BCUT2D eigenvalue weighted by Gasteiger charge is 2.41. The highest BCUT2D eigenvalue weighted by molar-refractivity contribution is 7.92. The second-order valence-corrected chi connectivity index (χ2v) is 29.2. The molecule has 4 aliphatic rings. The third-order valence-electron chi connectivity index (χ3n) is 15.5. The van der Waals surface area contributed by atoms with E-state index in [-0.39, 0.29) is 91.5 Å². The lowest BCUT2D eigenvalue weighted by Crippen LogP contribution is -2.49. The summed E-state index contributed by atoms with van der Waals surface area (Å²) in [5.74, 6) is 1.19. The van der Waals surface area contributed by atoms with Crippen molar-refractivity contribution in [2.45, 2.75) is 138 Å². The number of aromatic nitrogens is 4. The fourth-order valence-corrected chi connectivity index (χ4v) is 13.5. The molecular weight excluding hydrogens is 1240 g/mol. The minimum atomic E-state index is -3.59. The third-order valence-corrected chi connectivity index (χ3v) is 20.5. The number of nitrogens with one attached hydrogen (secondary N) is 5. The molecular formula is C62H75Cl2N13O11S2. The molecule has 4 aromatic carbocycles. The summed E-state index contributed by atoms with van der Waals surface area (Å²) in [7, 11) is -2.35. The molecule has 0 spiro atoms. The molecule has 24 nitrogen and oxygen atoms in total. The van der Waals surface area contributed by atoms with E-state index in [1.54, 1.807) is 106 Å². The predicted octanol–water partition coefficient (Wildman–Crippen LogP) is 10.1. The van der Waals surface area contributed by atoms with Gasteiger partial charge >= 0.3 is 12.0 Å². The average molecular weight is 1310 g/mol. The van der Waals surface area contributed by atoms with E-state index in [1.165, 1.54) is 25.6 Å². The number of urea groups is 1. The zero-order valence-corrected chi connectivity index (χ0v) is 55.1. The van der Waals surface area contributed by atoms with Crippen LogP contribution in [0.15, 0.2) is 95.0 Å². The van der Waals surface area contributed by atoms with Crippen LogP contribution in [0.5, 0.6) is 11.5 Å². The molecule has 4 aliphatic heterocycles. The second-order valence-electron chi connectivity index (χ2n) is 23.4. The molecule has 0 radical (unpaired) electrons. The molecule has 2 fully saturated rings. The number of piperidine rings is 1. The maximum Gasteiger partial charge on any atom is 0.322 e. The van der Waals surface area contributed by atoms with Gasteiger partial charge in [0.05, 0.1) is 74.8 Å². The zero-order chi connectivity index (χ0) is 65.1. The van der Waals surface area contributed by atoms with Gasteiger partial charge in [0.25, 0.3) is 11.8 Å². The number of esters is 1. The minimum Gasteiger partial charge on any atom is -0.489 e. The lowest BCUT2D eigenvalue weighted by atomic mass is 10.0. The average Bonchev–Trinajstić information content (AvgIpc) is 1.61. The number of hydrogen-bond donors (Lipinski definition) is 5. The summed E-state index contributed by atoms with van der Waals surface area (Å²) in [6.45, 7) is 16.6. The van der Waals surface area contributed by atoms with Crippen molar-refractivity contribution < 1.29 is 50.2 Å². The molecule has 28 heteroatoms. The molecule has 2 atom stereocenters. The first kappa shape index (κ1) is 66.4. The number of likely N-dealkylation sites (tertiary alicyclic amines) is 1. The van der Waals surface area contributed by atoms with E-state index < -0.39 is 36.2 Å². The van der Waals surface area contributed by atoms with Crippen LogP contribution in [0.2, 0.25) is 10.0 Å². The van der Waals surface area contributed by atoms with Crippen molar-refractivity contribution in [3.63, 3.8) is 0 Å². The minimum absolute atomic E-state index is 0.0201. The lowest BCUT2D eigenvalue weighted by Gasteiger charge is -2.37. The van der Waals surface area contributed by atoms with Crippen LogP contribution in [0.1, 0.15) is 106 Å². The summed E-state index contributed by atoms with van der Waals surface area (Å²) in [5, 5.41) is 14.7. The van der Waals surface area contributed by atoms with Crippen molar-refractivity contribution >= 4 is 113 Å². The number of hydrogen-bond acceptors (Lipinski definition) is 20. The topological polar surface area (TPSA) is 289 Å². The Morgan fingerprint density at radius 1 is 0.633 bits per heavy atom. The second kappa shape index (κ2) is 27.6. The summed E-state index contributed by atoms with van der Waals surface area (Å²) in [6, 6.07) is 19.7. The number of anilines is 8. The summed E-state index contributed by atoms with van der Waals surface area (Å²) in [4.78, 5) is 76.6. The molecule has 2 aromatic heterocycles. The molecule has 0 aliphatic carbocycles. The van der Waals surface area contributed by atoms with Crippen LogP contribution in [0.4, 0.5) is 51.1 Å². The van der Waals surface area contributed by atoms with Gasteiger partial charge in [-0.15, -0.1) is 0 Å². The Morgan fingerprint density at radius 3 is 1.48 bits per heavy atom. The van der Waals surface area contributed by atoms with Crippen molar-refractivity contribution in [3.05, 3.63) is 117 Å². The highest BCUT2D eigenvalue weighted by Crippen LogP contribution is 2.41. The van der Waals surface area contributed by atoms with Gasteiger partial charge in [-0.1, -0.05) is 47.5 Å². The number of fused-ring (bicyclic) bond motifs is 2. The molecule has 4 amide bonds. The SMILES string of the molecule is CC(C)Oc1cc2c(cc1Nc1ncc(Cl)c(Nc3ccccc3S(=O)(=O)C(C)C)n1)C(=O)N(C1CCN(C(=O)N(C)C)CC1)C2.COC(=O)[C@@H]1C[C@@H](N2Cc3cc(OC(C)C)c(Nc4ncc(Cl)c(Nc5ccccc5S(=O)(=O)C(C)C)n4)cc3C2=O)CN1. The number of benzene rings is 4.